The minimum absolute atomic E-state index is 0.328. The summed E-state index contributed by atoms with van der Waals surface area (Å²) in [7, 11) is 0. The Kier molecular flexibility index (Phi) is 3.39. The number of benzene rings is 1. The fourth-order valence-electron chi connectivity index (χ4n) is 2.55. The van der Waals surface area contributed by atoms with Crippen LogP contribution in [0.4, 0.5) is 0 Å². The molecule has 0 unspecified atom stereocenters. The fraction of sp³-hybridized carbons (Fsp3) is 0.500. The quantitative estimate of drug-likeness (QED) is 0.751. The molecule has 0 saturated heterocycles. The second-order valence-corrected chi connectivity index (χ2v) is 4.81. The first-order chi connectivity index (χ1) is 7.70. The zero-order chi connectivity index (χ0) is 11.5. The average Bonchev–Trinajstić information content (AvgIpc) is 2.77. The van der Waals surface area contributed by atoms with Gasteiger partial charge in [0.2, 0.25) is 0 Å². The maximum atomic E-state index is 9.12. The molecule has 0 heterocycles. The van der Waals surface area contributed by atoms with Crippen molar-refractivity contribution in [3.8, 4) is 0 Å². The van der Waals surface area contributed by atoms with E-state index in [9.17, 15) is 0 Å². The highest BCUT2D eigenvalue weighted by molar-refractivity contribution is 5.96. The second kappa shape index (κ2) is 4.79. The van der Waals surface area contributed by atoms with E-state index >= 15 is 0 Å². The van der Waals surface area contributed by atoms with Gasteiger partial charge < -0.3 is 10.5 Å². The molecule has 1 aromatic carbocycles. The van der Waals surface area contributed by atoms with Gasteiger partial charge in [-0.1, -0.05) is 24.3 Å². The fourth-order valence-corrected chi connectivity index (χ4v) is 2.55. The van der Waals surface area contributed by atoms with E-state index < -0.39 is 0 Å². The van der Waals surface area contributed by atoms with Gasteiger partial charge in [-0.3, -0.25) is 0 Å². The Balaban J connectivity index is 2.08. The largest absolute Gasteiger partial charge is 0.396 e. The summed E-state index contributed by atoms with van der Waals surface area (Å²) in [5, 5.41) is 16.7. The van der Waals surface area contributed by atoms with Gasteiger partial charge in [-0.25, -0.2) is 0 Å². The molecule has 0 radical (unpaired) electrons. The van der Waals surface area contributed by atoms with Crippen molar-refractivity contribution in [3.63, 3.8) is 0 Å². The molecule has 16 heavy (non-hydrogen) atoms. The van der Waals surface area contributed by atoms with Gasteiger partial charge in [0, 0.05) is 12.3 Å². The molecule has 1 aliphatic rings. The van der Waals surface area contributed by atoms with Crippen LogP contribution in [0.2, 0.25) is 0 Å². The van der Waals surface area contributed by atoms with Gasteiger partial charge in [0.15, 0.2) is 0 Å². The minimum atomic E-state index is 0.328. The van der Waals surface area contributed by atoms with E-state index in [2.05, 4.69) is 12.1 Å². The van der Waals surface area contributed by atoms with Crippen LogP contribution in [0.25, 0.3) is 0 Å². The molecule has 1 saturated carbocycles. The van der Waals surface area contributed by atoms with Crippen molar-refractivity contribution < 1.29 is 5.11 Å². The average molecular weight is 217 g/mol. The smallest absolute Gasteiger partial charge is 0.0459 e. The maximum absolute atomic E-state index is 9.12. The third-order valence-electron chi connectivity index (χ3n) is 3.61. The van der Waals surface area contributed by atoms with Gasteiger partial charge in [-0.2, -0.15) is 0 Å². The van der Waals surface area contributed by atoms with Gasteiger partial charge >= 0.3 is 0 Å². The minimum Gasteiger partial charge on any atom is -0.396 e. The number of aliphatic hydroxyl groups is 1. The highest BCUT2D eigenvalue weighted by atomic mass is 16.3. The molecule has 0 spiro atoms. The lowest BCUT2D eigenvalue weighted by Gasteiger charge is -2.11. The lowest BCUT2D eigenvalue weighted by atomic mass is 9.95. The molecule has 2 rings (SSSR count). The zero-order valence-electron chi connectivity index (χ0n) is 9.74. The van der Waals surface area contributed by atoms with Crippen LogP contribution in [0.1, 0.15) is 43.2 Å². The number of nitrogens with one attached hydrogen (secondary N) is 1. The summed E-state index contributed by atoms with van der Waals surface area (Å²) in [4.78, 5) is 0. The monoisotopic (exact) mass is 217 g/mol. The predicted molar refractivity (Wildman–Crippen MR) is 66.1 cm³/mol. The summed E-state index contributed by atoms with van der Waals surface area (Å²) in [6.45, 7) is 2.14. The van der Waals surface area contributed by atoms with Crippen LogP contribution in [0.5, 0.6) is 0 Å². The summed E-state index contributed by atoms with van der Waals surface area (Å²) >= 11 is 0. The van der Waals surface area contributed by atoms with Crippen LogP contribution in [0, 0.1) is 11.3 Å². The third-order valence-corrected chi connectivity index (χ3v) is 3.61. The summed E-state index contributed by atoms with van der Waals surface area (Å²) in [5.74, 6) is 1.10. The van der Waals surface area contributed by atoms with Crippen molar-refractivity contribution >= 4 is 5.71 Å². The predicted octanol–water partition coefficient (Wildman–Crippen LogP) is 2.95. The Morgan fingerprint density at radius 3 is 2.50 bits per heavy atom. The number of aliphatic hydroxyl groups excluding tert-OH is 1. The lowest BCUT2D eigenvalue weighted by molar-refractivity contribution is 0.229. The highest BCUT2D eigenvalue weighted by Crippen LogP contribution is 2.37. The standard InChI is InChI=1S/C14H19NO/c1-10(15)12-4-6-13(7-5-12)14-3-2-11(8-14)9-16/h4-7,11,14-16H,2-3,8-9H2,1H3/t11-,14+/m0/s1. The zero-order valence-corrected chi connectivity index (χ0v) is 9.74. The molecule has 1 aromatic rings. The summed E-state index contributed by atoms with van der Waals surface area (Å²) in [6.07, 6.45) is 3.44. The maximum Gasteiger partial charge on any atom is 0.0459 e. The van der Waals surface area contributed by atoms with Gasteiger partial charge in [-0.05, 0) is 49.1 Å². The van der Waals surface area contributed by atoms with E-state index in [1.807, 2.05) is 19.1 Å². The molecule has 86 valence electrons. The van der Waals surface area contributed by atoms with E-state index in [0.717, 1.165) is 18.4 Å². The van der Waals surface area contributed by atoms with Crippen LogP contribution in [-0.2, 0) is 0 Å². The van der Waals surface area contributed by atoms with E-state index in [1.165, 1.54) is 12.0 Å². The van der Waals surface area contributed by atoms with Gasteiger partial charge in [0.05, 0.1) is 0 Å². The van der Waals surface area contributed by atoms with E-state index in [4.69, 9.17) is 10.5 Å². The van der Waals surface area contributed by atoms with Crippen LogP contribution in [0.3, 0.4) is 0 Å². The van der Waals surface area contributed by atoms with Gasteiger partial charge in [0.25, 0.3) is 0 Å². The summed E-state index contributed by atoms with van der Waals surface area (Å²) in [6, 6.07) is 8.34. The van der Waals surface area contributed by atoms with Crippen molar-refractivity contribution in [2.75, 3.05) is 6.61 Å². The van der Waals surface area contributed by atoms with Crippen LogP contribution in [0.15, 0.2) is 24.3 Å². The Bertz CT molecular complexity index is 369. The molecular formula is C14H19NO. The van der Waals surface area contributed by atoms with Crippen molar-refractivity contribution in [2.24, 2.45) is 5.92 Å². The van der Waals surface area contributed by atoms with E-state index in [0.29, 0.717) is 24.2 Å². The van der Waals surface area contributed by atoms with Crippen molar-refractivity contribution in [1.29, 1.82) is 5.41 Å². The molecule has 0 aromatic heterocycles. The third kappa shape index (κ3) is 2.33. The first-order valence-electron chi connectivity index (χ1n) is 5.97. The molecule has 1 aliphatic carbocycles. The Morgan fingerprint density at radius 2 is 2.00 bits per heavy atom. The van der Waals surface area contributed by atoms with Crippen molar-refractivity contribution in [2.45, 2.75) is 32.1 Å². The van der Waals surface area contributed by atoms with Crippen molar-refractivity contribution in [3.05, 3.63) is 35.4 Å². The van der Waals surface area contributed by atoms with Crippen LogP contribution in [-0.4, -0.2) is 17.4 Å². The number of rotatable bonds is 3. The SMILES string of the molecule is CC(=N)c1ccc([C@@H]2CC[C@H](CO)C2)cc1. The van der Waals surface area contributed by atoms with E-state index in [-0.39, 0.29) is 0 Å². The molecule has 2 heteroatoms. The first-order valence-corrected chi connectivity index (χ1v) is 5.97. The van der Waals surface area contributed by atoms with Gasteiger partial charge in [-0.15, -0.1) is 0 Å². The molecule has 2 atom stereocenters. The summed E-state index contributed by atoms with van der Waals surface area (Å²) in [5.41, 5.74) is 2.98. The Hall–Kier alpha value is -1.15. The highest BCUT2D eigenvalue weighted by Gasteiger charge is 2.24. The topological polar surface area (TPSA) is 44.1 Å². The Labute approximate surface area is 96.8 Å². The van der Waals surface area contributed by atoms with Crippen LogP contribution >= 0.6 is 0 Å². The Morgan fingerprint density at radius 1 is 1.31 bits per heavy atom. The molecule has 2 nitrogen and oxygen atoms in total. The normalized spacial score (nSPS) is 24.6. The van der Waals surface area contributed by atoms with Gasteiger partial charge in [0.1, 0.15) is 0 Å². The molecule has 0 bridgehead atoms. The molecule has 0 aliphatic heterocycles. The first kappa shape index (κ1) is 11.3. The second-order valence-electron chi connectivity index (χ2n) is 4.81. The molecular weight excluding hydrogens is 198 g/mol. The molecule has 0 amide bonds. The number of hydrogen-bond donors (Lipinski definition) is 2. The summed E-state index contributed by atoms with van der Waals surface area (Å²) < 4.78 is 0. The molecule has 2 N–H and O–H groups in total. The lowest BCUT2D eigenvalue weighted by Crippen LogP contribution is -2.01. The van der Waals surface area contributed by atoms with Crippen molar-refractivity contribution in [1.82, 2.24) is 0 Å². The van der Waals surface area contributed by atoms with Crippen LogP contribution < -0.4 is 0 Å². The number of hydrogen-bond acceptors (Lipinski definition) is 2. The van der Waals surface area contributed by atoms with E-state index in [1.54, 1.807) is 0 Å². The molecule has 1 fully saturated rings.